The molecule has 0 bridgehead atoms. The third-order valence-electron chi connectivity index (χ3n) is 3.60. The second-order valence-corrected chi connectivity index (χ2v) is 5.26. The van der Waals surface area contributed by atoms with Crippen molar-refractivity contribution in [2.75, 3.05) is 19.7 Å². The molecule has 1 aromatic rings. The first-order chi connectivity index (χ1) is 10.7. The van der Waals surface area contributed by atoms with Crippen molar-refractivity contribution in [2.24, 2.45) is 0 Å². The zero-order valence-electron chi connectivity index (χ0n) is 12.8. The minimum absolute atomic E-state index is 0.0170. The Kier molecular flexibility index (Phi) is 5.99. The van der Waals surface area contributed by atoms with Crippen molar-refractivity contribution < 1.29 is 9.53 Å². The second kappa shape index (κ2) is 8.20. The van der Waals surface area contributed by atoms with Crippen LogP contribution in [0.15, 0.2) is 42.1 Å². The highest BCUT2D eigenvalue weighted by Crippen LogP contribution is 2.13. The lowest BCUT2D eigenvalue weighted by atomic mass is 10.2. The fraction of sp³-hybridized carbons (Fsp3) is 0.412. The van der Waals surface area contributed by atoms with Gasteiger partial charge in [0.2, 0.25) is 0 Å². The summed E-state index contributed by atoms with van der Waals surface area (Å²) in [4.78, 5) is 13.9. The molecule has 1 aliphatic heterocycles. The van der Waals surface area contributed by atoms with Gasteiger partial charge < -0.3 is 10.1 Å². The molecule has 22 heavy (non-hydrogen) atoms. The van der Waals surface area contributed by atoms with Crippen LogP contribution in [0.25, 0.3) is 0 Å². The highest BCUT2D eigenvalue weighted by Gasteiger charge is 2.22. The van der Waals surface area contributed by atoms with Crippen molar-refractivity contribution in [2.45, 2.75) is 25.9 Å². The molecule has 1 saturated heterocycles. The van der Waals surface area contributed by atoms with Gasteiger partial charge in [0, 0.05) is 31.9 Å². The highest BCUT2D eigenvalue weighted by atomic mass is 16.5. The summed E-state index contributed by atoms with van der Waals surface area (Å²) >= 11 is 0. The van der Waals surface area contributed by atoms with E-state index in [-0.39, 0.29) is 18.2 Å². The van der Waals surface area contributed by atoms with E-state index in [1.54, 1.807) is 6.92 Å². The first kappa shape index (κ1) is 16.1. The van der Waals surface area contributed by atoms with Gasteiger partial charge in [-0.15, -0.1) is 0 Å². The van der Waals surface area contributed by atoms with E-state index in [9.17, 15) is 4.79 Å². The van der Waals surface area contributed by atoms with Crippen molar-refractivity contribution in [1.82, 2.24) is 10.2 Å². The van der Waals surface area contributed by atoms with Gasteiger partial charge in [-0.05, 0) is 18.9 Å². The zero-order chi connectivity index (χ0) is 15.8. The smallest absolute Gasteiger partial charge is 0.350 e. The summed E-state index contributed by atoms with van der Waals surface area (Å²) in [6.45, 7) is 4.81. The molecule has 1 heterocycles. The van der Waals surface area contributed by atoms with Gasteiger partial charge in [0.05, 0.1) is 6.61 Å². The van der Waals surface area contributed by atoms with Crippen molar-refractivity contribution in [1.29, 1.82) is 5.26 Å². The lowest BCUT2D eigenvalue weighted by Gasteiger charge is -2.16. The fourth-order valence-electron chi connectivity index (χ4n) is 2.50. The van der Waals surface area contributed by atoms with Gasteiger partial charge in [0.1, 0.15) is 6.07 Å². The largest absolute Gasteiger partial charge is 0.462 e. The van der Waals surface area contributed by atoms with Gasteiger partial charge in [-0.1, -0.05) is 30.3 Å². The van der Waals surface area contributed by atoms with Gasteiger partial charge in [-0.3, -0.25) is 4.90 Å². The first-order valence-electron chi connectivity index (χ1n) is 7.52. The van der Waals surface area contributed by atoms with Gasteiger partial charge in [0.15, 0.2) is 5.57 Å². The Balaban J connectivity index is 1.83. The molecule has 0 aliphatic carbocycles. The van der Waals surface area contributed by atoms with Crippen LogP contribution < -0.4 is 5.32 Å². The molecule has 0 aromatic heterocycles. The maximum atomic E-state index is 11.5. The van der Waals surface area contributed by atoms with Crippen LogP contribution in [0.5, 0.6) is 0 Å². The Morgan fingerprint density at radius 3 is 2.95 bits per heavy atom. The van der Waals surface area contributed by atoms with Crippen LogP contribution in [-0.2, 0) is 16.1 Å². The number of nitrogens with zero attached hydrogens (tertiary/aromatic N) is 2. The van der Waals surface area contributed by atoms with E-state index >= 15 is 0 Å². The number of esters is 1. The van der Waals surface area contributed by atoms with E-state index in [1.165, 1.54) is 11.8 Å². The molecule has 0 spiro atoms. The average molecular weight is 299 g/mol. The monoisotopic (exact) mass is 299 g/mol. The number of hydrogen-bond donors (Lipinski definition) is 1. The standard InChI is InChI=1S/C17H21N3O2/c1-2-22-17(21)15(10-18)11-19-16-8-9-20(13-16)12-14-6-4-3-5-7-14/h3-7,11,16,19H,2,8-9,12-13H2,1H3/b15-11+. The fourth-order valence-corrected chi connectivity index (χ4v) is 2.50. The van der Waals surface area contributed by atoms with Crippen LogP contribution in [0.4, 0.5) is 0 Å². The molecule has 0 saturated carbocycles. The van der Waals surface area contributed by atoms with E-state index in [0.29, 0.717) is 0 Å². The normalized spacial score (nSPS) is 18.7. The molecule has 116 valence electrons. The predicted molar refractivity (Wildman–Crippen MR) is 83.6 cm³/mol. The topological polar surface area (TPSA) is 65.4 Å². The highest BCUT2D eigenvalue weighted by molar-refractivity contribution is 5.92. The number of likely N-dealkylation sites (tertiary alicyclic amines) is 1. The van der Waals surface area contributed by atoms with Crippen molar-refractivity contribution >= 4 is 5.97 Å². The molecule has 0 amide bonds. The van der Waals surface area contributed by atoms with Crippen LogP contribution in [-0.4, -0.2) is 36.6 Å². The number of carbonyl (C=O) groups is 1. The number of ether oxygens (including phenoxy) is 1. The molecule has 1 fully saturated rings. The van der Waals surface area contributed by atoms with E-state index in [2.05, 4.69) is 22.3 Å². The quantitative estimate of drug-likeness (QED) is 0.493. The molecule has 2 rings (SSSR count). The lowest BCUT2D eigenvalue weighted by molar-refractivity contribution is -0.138. The molecule has 1 aromatic carbocycles. The van der Waals surface area contributed by atoms with Crippen LogP contribution in [0.1, 0.15) is 18.9 Å². The Morgan fingerprint density at radius 1 is 1.50 bits per heavy atom. The summed E-state index contributed by atoms with van der Waals surface area (Å²) in [5.41, 5.74) is 1.31. The number of rotatable bonds is 6. The molecule has 1 N–H and O–H groups in total. The summed E-state index contributed by atoms with van der Waals surface area (Å²) in [7, 11) is 0. The van der Waals surface area contributed by atoms with Gasteiger partial charge in [0.25, 0.3) is 0 Å². The summed E-state index contributed by atoms with van der Waals surface area (Å²) in [5.74, 6) is -0.573. The Bertz CT molecular complexity index is 563. The number of nitriles is 1. The maximum absolute atomic E-state index is 11.5. The van der Waals surface area contributed by atoms with Gasteiger partial charge >= 0.3 is 5.97 Å². The summed E-state index contributed by atoms with van der Waals surface area (Å²) in [6, 6.07) is 12.5. The van der Waals surface area contributed by atoms with Crippen LogP contribution >= 0.6 is 0 Å². The van der Waals surface area contributed by atoms with E-state index in [0.717, 1.165) is 26.1 Å². The molecule has 0 radical (unpaired) electrons. The third-order valence-corrected chi connectivity index (χ3v) is 3.60. The molecule has 5 heteroatoms. The van der Waals surface area contributed by atoms with Crippen LogP contribution in [0.2, 0.25) is 0 Å². The number of hydrogen-bond acceptors (Lipinski definition) is 5. The van der Waals surface area contributed by atoms with Gasteiger partial charge in [-0.25, -0.2) is 4.79 Å². The molecule has 5 nitrogen and oxygen atoms in total. The number of carbonyl (C=O) groups excluding carboxylic acids is 1. The number of nitrogens with one attached hydrogen (secondary N) is 1. The van der Waals surface area contributed by atoms with Crippen molar-refractivity contribution in [3.63, 3.8) is 0 Å². The summed E-state index contributed by atoms with van der Waals surface area (Å²) < 4.78 is 4.83. The third kappa shape index (κ3) is 4.61. The minimum Gasteiger partial charge on any atom is -0.462 e. The molecular weight excluding hydrogens is 278 g/mol. The van der Waals surface area contributed by atoms with Crippen LogP contribution in [0.3, 0.4) is 0 Å². The van der Waals surface area contributed by atoms with Gasteiger partial charge in [-0.2, -0.15) is 5.26 Å². The molecule has 1 aliphatic rings. The SMILES string of the molecule is CCOC(=O)/C(C#N)=C/NC1CCN(Cc2ccccc2)C1. The number of benzene rings is 1. The first-order valence-corrected chi connectivity index (χ1v) is 7.52. The maximum Gasteiger partial charge on any atom is 0.350 e. The van der Waals surface area contributed by atoms with Crippen LogP contribution in [0, 0.1) is 11.3 Å². The minimum atomic E-state index is -0.573. The second-order valence-electron chi connectivity index (χ2n) is 5.26. The zero-order valence-corrected chi connectivity index (χ0v) is 12.8. The molecule has 1 unspecified atom stereocenters. The van der Waals surface area contributed by atoms with E-state index in [4.69, 9.17) is 10.00 Å². The average Bonchev–Trinajstić information content (AvgIpc) is 2.97. The summed E-state index contributed by atoms with van der Waals surface area (Å²) in [6.07, 6.45) is 2.47. The molecule has 1 atom stereocenters. The van der Waals surface area contributed by atoms with Crippen molar-refractivity contribution in [3.05, 3.63) is 47.7 Å². The lowest BCUT2D eigenvalue weighted by Crippen LogP contribution is -2.29. The predicted octanol–water partition coefficient (Wildman–Crippen LogP) is 1.82. The molecular formula is C17H21N3O2. The van der Waals surface area contributed by atoms with E-state index < -0.39 is 5.97 Å². The van der Waals surface area contributed by atoms with Crippen molar-refractivity contribution in [3.8, 4) is 6.07 Å². The Morgan fingerprint density at radius 2 is 2.27 bits per heavy atom. The summed E-state index contributed by atoms with van der Waals surface area (Å²) in [5, 5.41) is 12.1. The Hall–Kier alpha value is -2.32. The Labute approximate surface area is 131 Å². The van der Waals surface area contributed by atoms with E-state index in [1.807, 2.05) is 24.3 Å².